The third-order valence-corrected chi connectivity index (χ3v) is 6.66. The van der Waals surface area contributed by atoms with E-state index in [0.29, 0.717) is 17.8 Å². The standard InChI is InChI=1S/C24H26N8/c1-9-10(2)19-14(6)21-16(8)25-23(28-21)30-24-29-22(31-32-24)15(7)20-12(4)11(3)18(27-20)13(5)17(9)26-19/h1-8H3,(H2,25,28,29,30,31,32). The minimum absolute atomic E-state index is 0.376. The summed E-state index contributed by atoms with van der Waals surface area (Å²) >= 11 is 0. The van der Waals surface area contributed by atoms with Crippen LogP contribution in [-0.4, -0.2) is 34.9 Å². The average Bonchev–Trinajstić information content (AvgIpc) is 3.50. The summed E-state index contributed by atoms with van der Waals surface area (Å²) in [5, 5.41) is 0. The average molecular weight is 427 g/mol. The largest absolute Gasteiger partial charge is 0.281 e. The lowest BCUT2D eigenvalue weighted by Gasteiger charge is -2.07. The highest BCUT2D eigenvalue weighted by atomic mass is 15.5. The highest BCUT2D eigenvalue weighted by Crippen LogP contribution is 2.36. The van der Waals surface area contributed by atoms with E-state index in [9.17, 15) is 0 Å². The van der Waals surface area contributed by atoms with Crippen molar-refractivity contribution in [2.75, 3.05) is 0 Å². The van der Waals surface area contributed by atoms with Crippen LogP contribution in [0.1, 0.15) is 55.4 Å². The number of nitrogens with one attached hydrogen (secondary N) is 2. The lowest BCUT2D eigenvalue weighted by Crippen LogP contribution is -2.33. The summed E-state index contributed by atoms with van der Waals surface area (Å²) in [4.78, 5) is 28.4. The third-order valence-electron chi connectivity index (χ3n) is 6.66. The Morgan fingerprint density at radius 2 is 1.00 bits per heavy atom. The lowest BCUT2D eigenvalue weighted by molar-refractivity contribution is 0.893. The maximum Gasteiger partial charge on any atom is 0.253 e. The Labute approximate surface area is 187 Å². The predicted molar refractivity (Wildman–Crippen MR) is 131 cm³/mol. The molecule has 0 unspecified atom stereocenters. The molecule has 5 heterocycles. The molecular weight excluding hydrogens is 400 g/mol. The van der Waals surface area contributed by atoms with Crippen LogP contribution in [0.15, 0.2) is 86.1 Å². The molecule has 5 aliphatic heterocycles. The number of nitrogens with zero attached hydrogens (tertiary/aromatic N) is 6. The summed E-state index contributed by atoms with van der Waals surface area (Å²) in [5.74, 6) is 1.48. The number of hydrazine groups is 1. The van der Waals surface area contributed by atoms with E-state index in [1.165, 1.54) is 0 Å². The summed E-state index contributed by atoms with van der Waals surface area (Å²) < 4.78 is 0. The molecule has 2 N–H and O–H groups in total. The highest BCUT2D eigenvalue weighted by Gasteiger charge is 2.29. The summed E-state index contributed by atoms with van der Waals surface area (Å²) in [6, 6.07) is 0. The minimum Gasteiger partial charge on any atom is -0.281 e. The van der Waals surface area contributed by atoms with Gasteiger partial charge >= 0.3 is 0 Å². The van der Waals surface area contributed by atoms with Gasteiger partial charge in [0, 0.05) is 16.7 Å². The molecule has 0 saturated heterocycles. The van der Waals surface area contributed by atoms with Crippen LogP contribution in [0.5, 0.6) is 0 Å². The van der Waals surface area contributed by atoms with Gasteiger partial charge in [-0.15, -0.1) is 0 Å². The first kappa shape index (κ1) is 20.2. The van der Waals surface area contributed by atoms with Gasteiger partial charge in [-0.3, -0.25) is 10.9 Å². The number of rotatable bonds is 0. The smallest absolute Gasteiger partial charge is 0.253 e. The Morgan fingerprint density at radius 1 is 0.438 bits per heavy atom. The molecule has 0 radical (unpaired) electrons. The molecule has 162 valence electrons. The van der Waals surface area contributed by atoms with Crippen molar-refractivity contribution in [2.45, 2.75) is 55.4 Å². The number of amidine groups is 1. The topological polar surface area (TPSA) is 98.2 Å². The molecule has 0 aromatic heterocycles. The van der Waals surface area contributed by atoms with Crippen LogP contribution in [0.3, 0.4) is 0 Å². The van der Waals surface area contributed by atoms with Gasteiger partial charge < -0.3 is 0 Å². The van der Waals surface area contributed by atoms with E-state index in [2.05, 4.69) is 65.4 Å². The predicted octanol–water partition coefficient (Wildman–Crippen LogP) is 4.10. The van der Waals surface area contributed by atoms with Gasteiger partial charge in [0.1, 0.15) is 0 Å². The summed E-state index contributed by atoms with van der Waals surface area (Å²) in [5.41, 5.74) is 19.2. The molecule has 0 atom stereocenters. The Balaban J connectivity index is 1.83. The summed E-state index contributed by atoms with van der Waals surface area (Å²) in [6.45, 7) is 16.6. The number of guanidine groups is 2. The SMILES string of the molecule is CC1=NC2=NC1=C(C)C1=NC(=C(C)C3=NC(=C(C)C4=NC(=N2)NN4)C(C)=C3C)C(C)=C1C. The fourth-order valence-electron chi connectivity index (χ4n) is 4.48. The third kappa shape index (κ3) is 2.82. The van der Waals surface area contributed by atoms with Gasteiger partial charge in [0.2, 0.25) is 5.96 Å². The van der Waals surface area contributed by atoms with Gasteiger partial charge in [0.25, 0.3) is 5.96 Å². The van der Waals surface area contributed by atoms with Gasteiger partial charge in [-0.25, -0.2) is 20.0 Å². The molecule has 32 heavy (non-hydrogen) atoms. The fraction of sp³-hybridized carbons (Fsp3) is 0.333. The second-order valence-electron chi connectivity index (χ2n) is 8.60. The lowest BCUT2D eigenvalue weighted by atomic mass is 9.96. The number of hydrogen-bond donors (Lipinski definition) is 2. The molecule has 8 nitrogen and oxygen atoms in total. The van der Waals surface area contributed by atoms with E-state index in [1.54, 1.807) is 0 Å². The maximum absolute atomic E-state index is 5.07. The number of allylic oxidation sites excluding steroid dienone is 7. The van der Waals surface area contributed by atoms with Crippen molar-refractivity contribution in [3.8, 4) is 0 Å². The van der Waals surface area contributed by atoms with E-state index in [4.69, 9.17) is 9.98 Å². The summed E-state index contributed by atoms with van der Waals surface area (Å²) in [6.07, 6.45) is 0. The monoisotopic (exact) mass is 426 g/mol. The summed E-state index contributed by atoms with van der Waals surface area (Å²) in [7, 11) is 0. The first-order chi connectivity index (χ1) is 15.2. The van der Waals surface area contributed by atoms with Gasteiger partial charge in [-0.1, -0.05) is 0 Å². The van der Waals surface area contributed by atoms with Crippen molar-refractivity contribution in [1.82, 2.24) is 10.9 Å². The molecular formula is C24H26N8. The molecule has 5 rings (SSSR count). The van der Waals surface area contributed by atoms with Crippen LogP contribution in [0, 0.1) is 0 Å². The molecule has 0 spiro atoms. The Bertz CT molecular complexity index is 1360. The Hall–Kier alpha value is -3.68. The van der Waals surface area contributed by atoms with E-state index < -0.39 is 0 Å². The highest BCUT2D eigenvalue weighted by molar-refractivity contribution is 6.24. The zero-order valence-corrected chi connectivity index (χ0v) is 19.7. The fourth-order valence-corrected chi connectivity index (χ4v) is 4.48. The van der Waals surface area contributed by atoms with E-state index in [0.717, 1.165) is 73.2 Å². The van der Waals surface area contributed by atoms with Crippen LogP contribution in [0.25, 0.3) is 0 Å². The minimum atomic E-state index is 0.376. The maximum atomic E-state index is 5.07. The van der Waals surface area contributed by atoms with Crippen LogP contribution in [0.4, 0.5) is 0 Å². The zero-order chi connectivity index (χ0) is 22.9. The molecule has 0 fully saturated rings. The molecule has 8 bridgehead atoms. The van der Waals surface area contributed by atoms with Crippen molar-refractivity contribution in [3.05, 3.63) is 56.1 Å². The normalized spacial score (nSPS) is 22.8. The van der Waals surface area contributed by atoms with E-state index in [1.807, 2.05) is 20.8 Å². The van der Waals surface area contributed by atoms with E-state index >= 15 is 0 Å². The van der Waals surface area contributed by atoms with Crippen molar-refractivity contribution in [3.63, 3.8) is 0 Å². The van der Waals surface area contributed by atoms with Crippen LogP contribution in [0.2, 0.25) is 0 Å². The number of fused-ring (bicyclic) bond motifs is 4. The van der Waals surface area contributed by atoms with Gasteiger partial charge in [0.05, 0.1) is 34.2 Å². The van der Waals surface area contributed by atoms with Crippen LogP contribution < -0.4 is 10.9 Å². The Kier molecular flexibility index (Phi) is 4.37. The van der Waals surface area contributed by atoms with Crippen molar-refractivity contribution >= 4 is 34.9 Å². The quantitative estimate of drug-likeness (QED) is 0.610. The zero-order valence-electron chi connectivity index (χ0n) is 19.7. The van der Waals surface area contributed by atoms with Crippen molar-refractivity contribution in [1.29, 1.82) is 0 Å². The molecule has 0 saturated carbocycles. The Morgan fingerprint density at radius 3 is 1.62 bits per heavy atom. The van der Waals surface area contributed by atoms with Crippen molar-refractivity contribution < 1.29 is 0 Å². The molecule has 0 aromatic carbocycles. The second kappa shape index (κ2) is 6.91. The second-order valence-corrected chi connectivity index (χ2v) is 8.60. The van der Waals surface area contributed by atoms with E-state index in [-0.39, 0.29) is 0 Å². The molecule has 5 aliphatic rings. The first-order valence-electron chi connectivity index (χ1n) is 10.7. The van der Waals surface area contributed by atoms with Gasteiger partial charge in [-0.2, -0.15) is 9.98 Å². The first-order valence-corrected chi connectivity index (χ1v) is 10.7. The van der Waals surface area contributed by atoms with Crippen LogP contribution in [-0.2, 0) is 0 Å². The van der Waals surface area contributed by atoms with Gasteiger partial charge in [0.15, 0.2) is 5.84 Å². The van der Waals surface area contributed by atoms with Crippen molar-refractivity contribution in [2.24, 2.45) is 30.0 Å². The molecule has 0 aromatic rings. The molecule has 0 amide bonds. The molecule has 0 aliphatic carbocycles. The number of aliphatic imine (C=N–C) groups is 6. The van der Waals surface area contributed by atoms with Crippen LogP contribution >= 0.6 is 0 Å². The van der Waals surface area contributed by atoms with Gasteiger partial charge in [-0.05, 0) is 77.7 Å². The number of hydrogen-bond acceptors (Lipinski definition) is 8. The molecule has 8 heteroatoms.